The largest absolute Gasteiger partial charge is 0.332 e. The number of rotatable bonds is 3. The minimum Gasteiger partial charge on any atom is -0.332 e. The van der Waals surface area contributed by atoms with Gasteiger partial charge in [0, 0.05) is 16.8 Å². The highest BCUT2D eigenvalue weighted by Crippen LogP contribution is 2.24. The van der Waals surface area contributed by atoms with Gasteiger partial charge in [0.1, 0.15) is 0 Å². The smallest absolute Gasteiger partial charge is 0.175 e. The first-order valence-electron chi connectivity index (χ1n) is 7.83. The minimum absolute atomic E-state index is 0.616. The van der Waals surface area contributed by atoms with E-state index in [4.69, 9.17) is 12.2 Å². The van der Waals surface area contributed by atoms with Crippen molar-refractivity contribution >= 4 is 39.5 Å². The summed E-state index contributed by atoms with van der Waals surface area (Å²) in [7, 11) is 0. The molecule has 3 rings (SSSR count). The Labute approximate surface area is 142 Å². The standard InChI is InChI=1S/C20H20N2S/c1-3-15-10-6-8-14(2)19(15)22-20(23)21-18-13-7-11-16-9-4-5-12-17(16)18/h4-13H,3H2,1-2H3,(H2,21,22,23). The first-order valence-corrected chi connectivity index (χ1v) is 8.24. The van der Waals surface area contributed by atoms with Gasteiger partial charge in [-0.3, -0.25) is 0 Å². The van der Waals surface area contributed by atoms with Gasteiger partial charge in [-0.1, -0.05) is 61.5 Å². The number of nitrogens with one attached hydrogen (secondary N) is 2. The van der Waals surface area contributed by atoms with Crippen LogP contribution in [0.4, 0.5) is 11.4 Å². The number of para-hydroxylation sites is 1. The normalized spacial score (nSPS) is 10.5. The van der Waals surface area contributed by atoms with Crippen molar-refractivity contribution < 1.29 is 0 Å². The topological polar surface area (TPSA) is 24.1 Å². The van der Waals surface area contributed by atoms with Crippen LogP contribution in [0.2, 0.25) is 0 Å². The molecule has 3 heteroatoms. The summed E-state index contributed by atoms with van der Waals surface area (Å²) in [5.74, 6) is 0. The Morgan fingerprint density at radius 2 is 1.65 bits per heavy atom. The molecular formula is C20H20N2S. The maximum atomic E-state index is 5.53. The van der Waals surface area contributed by atoms with Crippen molar-refractivity contribution in [1.82, 2.24) is 0 Å². The zero-order valence-corrected chi connectivity index (χ0v) is 14.2. The molecule has 3 aromatic rings. The first-order chi connectivity index (χ1) is 11.2. The molecule has 0 spiro atoms. The molecule has 0 aliphatic heterocycles. The average Bonchev–Trinajstić information content (AvgIpc) is 2.57. The van der Waals surface area contributed by atoms with Gasteiger partial charge in [-0.15, -0.1) is 0 Å². The Kier molecular flexibility index (Phi) is 4.58. The second-order valence-electron chi connectivity index (χ2n) is 5.57. The molecule has 0 saturated heterocycles. The Bertz CT molecular complexity index is 850. The van der Waals surface area contributed by atoms with Crippen molar-refractivity contribution in [3.63, 3.8) is 0 Å². The van der Waals surface area contributed by atoms with Crippen molar-refractivity contribution in [3.05, 3.63) is 71.8 Å². The molecule has 0 saturated carbocycles. The summed E-state index contributed by atoms with van der Waals surface area (Å²) in [5.41, 5.74) is 4.60. The molecular weight excluding hydrogens is 300 g/mol. The Morgan fingerprint density at radius 1 is 0.913 bits per heavy atom. The van der Waals surface area contributed by atoms with Crippen LogP contribution in [0, 0.1) is 6.92 Å². The zero-order chi connectivity index (χ0) is 16.2. The SMILES string of the molecule is CCc1cccc(C)c1NC(=S)Nc1cccc2ccccc12. The molecule has 0 fully saturated rings. The number of hydrogen-bond acceptors (Lipinski definition) is 1. The van der Waals surface area contributed by atoms with Gasteiger partial charge in [0.15, 0.2) is 5.11 Å². The number of fused-ring (bicyclic) bond motifs is 1. The van der Waals surface area contributed by atoms with Crippen molar-refractivity contribution in [3.8, 4) is 0 Å². The maximum absolute atomic E-state index is 5.53. The summed E-state index contributed by atoms with van der Waals surface area (Å²) >= 11 is 5.53. The van der Waals surface area contributed by atoms with Crippen molar-refractivity contribution in [1.29, 1.82) is 0 Å². The molecule has 0 aliphatic rings. The molecule has 2 nitrogen and oxygen atoms in total. The van der Waals surface area contributed by atoms with E-state index >= 15 is 0 Å². The molecule has 0 aliphatic carbocycles. The molecule has 23 heavy (non-hydrogen) atoms. The average molecular weight is 320 g/mol. The zero-order valence-electron chi connectivity index (χ0n) is 13.4. The van der Waals surface area contributed by atoms with E-state index in [9.17, 15) is 0 Å². The molecule has 0 heterocycles. The van der Waals surface area contributed by atoms with Crippen LogP contribution in [0.25, 0.3) is 10.8 Å². The van der Waals surface area contributed by atoms with Crippen molar-refractivity contribution in [2.45, 2.75) is 20.3 Å². The summed E-state index contributed by atoms with van der Waals surface area (Å²) < 4.78 is 0. The van der Waals surface area contributed by atoms with E-state index in [0.29, 0.717) is 5.11 Å². The molecule has 0 radical (unpaired) electrons. The lowest BCUT2D eigenvalue weighted by molar-refractivity contribution is 1.13. The van der Waals surface area contributed by atoms with Gasteiger partial charge < -0.3 is 10.6 Å². The summed E-state index contributed by atoms with van der Waals surface area (Å²) in [5, 5.41) is 9.68. The predicted octanol–water partition coefficient (Wildman–Crippen LogP) is 5.52. The van der Waals surface area contributed by atoms with Gasteiger partial charge >= 0.3 is 0 Å². The quantitative estimate of drug-likeness (QED) is 0.621. The van der Waals surface area contributed by atoms with Gasteiger partial charge in [-0.2, -0.15) is 0 Å². The van der Waals surface area contributed by atoms with E-state index in [2.05, 4.69) is 66.9 Å². The Hall–Kier alpha value is -2.39. The fourth-order valence-electron chi connectivity index (χ4n) is 2.80. The highest BCUT2D eigenvalue weighted by atomic mass is 32.1. The number of thiocarbonyl (C=S) groups is 1. The molecule has 0 bridgehead atoms. The summed E-state index contributed by atoms with van der Waals surface area (Å²) in [6.07, 6.45) is 0.973. The van der Waals surface area contributed by atoms with E-state index in [1.165, 1.54) is 21.9 Å². The minimum atomic E-state index is 0.616. The van der Waals surface area contributed by atoms with Crippen molar-refractivity contribution in [2.75, 3.05) is 10.6 Å². The van der Waals surface area contributed by atoms with E-state index in [-0.39, 0.29) is 0 Å². The fraction of sp³-hybridized carbons (Fsp3) is 0.150. The van der Waals surface area contributed by atoms with Crippen molar-refractivity contribution in [2.24, 2.45) is 0 Å². The lowest BCUT2D eigenvalue weighted by Gasteiger charge is -2.16. The predicted molar refractivity (Wildman–Crippen MR) is 104 cm³/mol. The highest BCUT2D eigenvalue weighted by molar-refractivity contribution is 7.80. The number of aryl methyl sites for hydroxylation is 2. The van der Waals surface area contributed by atoms with Gasteiger partial charge in [0.2, 0.25) is 0 Å². The van der Waals surface area contributed by atoms with E-state index in [1.54, 1.807) is 0 Å². The molecule has 116 valence electrons. The monoisotopic (exact) mass is 320 g/mol. The molecule has 2 N–H and O–H groups in total. The van der Waals surface area contributed by atoms with E-state index in [0.717, 1.165) is 17.8 Å². The van der Waals surface area contributed by atoms with Crippen LogP contribution in [0.1, 0.15) is 18.1 Å². The highest BCUT2D eigenvalue weighted by Gasteiger charge is 2.07. The van der Waals surface area contributed by atoms with Gasteiger partial charge in [0.25, 0.3) is 0 Å². The second kappa shape index (κ2) is 6.80. The van der Waals surface area contributed by atoms with Crippen LogP contribution in [0.3, 0.4) is 0 Å². The molecule has 0 unspecified atom stereocenters. The van der Waals surface area contributed by atoms with Crippen LogP contribution in [0.15, 0.2) is 60.7 Å². The first kappa shape index (κ1) is 15.5. The summed E-state index contributed by atoms with van der Waals surface area (Å²) in [6, 6.07) is 20.8. The number of benzene rings is 3. The molecule has 0 atom stereocenters. The van der Waals surface area contributed by atoms with Crippen LogP contribution in [0.5, 0.6) is 0 Å². The summed E-state index contributed by atoms with van der Waals surface area (Å²) in [4.78, 5) is 0. The fourth-order valence-corrected chi connectivity index (χ4v) is 3.02. The van der Waals surface area contributed by atoms with Gasteiger partial charge in [-0.05, 0) is 48.1 Å². The van der Waals surface area contributed by atoms with E-state index in [1.807, 2.05) is 18.2 Å². The second-order valence-corrected chi connectivity index (χ2v) is 5.98. The lowest BCUT2D eigenvalue weighted by Crippen LogP contribution is -2.20. The van der Waals surface area contributed by atoms with Crippen LogP contribution in [-0.4, -0.2) is 5.11 Å². The lowest BCUT2D eigenvalue weighted by atomic mass is 10.1. The third kappa shape index (κ3) is 3.35. The molecule has 3 aromatic carbocycles. The third-order valence-corrected chi connectivity index (χ3v) is 4.22. The molecule has 0 amide bonds. The van der Waals surface area contributed by atoms with Crippen LogP contribution in [-0.2, 0) is 6.42 Å². The van der Waals surface area contributed by atoms with Gasteiger partial charge in [-0.25, -0.2) is 0 Å². The van der Waals surface area contributed by atoms with Crippen LogP contribution >= 0.6 is 12.2 Å². The molecule has 0 aromatic heterocycles. The Morgan fingerprint density at radius 3 is 2.48 bits per heavy atom. The summed E-state index contributed by atoms with van der Waals surface area (Å²) in [6.45, 7) is 4.25. The Balaban J connectivity index is 1.85. The van der Waals surface area contributed by atoms with E-state index < -0.39 is 0 Å². The maximum Gasteiger partial charge on any atom is 0.175 e. The third-order valence-electron chi connectivity index (χ3n) is 4.02. The number of anilines is 2. The van der Waals surface area contributed by atoms with Crippen LogP contribution < -0.4 is 10.6 Å². The number of hydrogen-bond donors (Lipinski definition) is 2. The van der Waals surface area contributed by atoms with Gasteiger partial charge in [0.05, 0.1) is 0 Å².